The number of aliphatic hydroxyl groups is 2. The van der Waals surface area contributed by atoms with Crippen LogP contribution in [-0.2, 0) is 33.1 Å². The summed E-state index contributed by atoms with van der Waals surface area (Å²) in [6.07, 6.45) is 5.27. The molecule has 0 aliphatic carbocycles. The SMILES string of the molecule is C[C@H](/C=C/CC(=O)N(CCO)Cc1ccccc1)[C@@]1(O)C(=O)N(Cc2cccc(NC(=O)C3CCCNC3)c2)c2ccc(Br)cc21. The molecule has 0 saturated carbocycles. The van der Waals surface area contributed by atoms with Crippen LogP contribution in [0.4, 0.5) is 11.4 Å². The average molecular weight is 690 g/mol. The number of carbonyl (C=O) groups is 3. The summed E-state index contributed by atoms with van der Waals surface area (Å²) in [6.45, 7) is 3.99. The maximum Gasteiger partial charge on any atom is 0.264 e. The predicted molar refractivity (Wildman–Crippen MR) is 182 cm³/mol. The van der Waals surface area contributed by atoms with Crippen molar-refractivity contribution in [3.63, 3.8) is 0 Å². The van der Waals surface area contributed by atoms with Gasteiger partial charge in [0.05, 0.1) is 24.8 Å². The molecular weight excluding hydrogens is 648 g/mol. The summed E-state index contributed by atoms with van der Waals surface area (Å²) in [5.74, 6) is -1.38. The topological polar surface area (TPSA) is 122 Å². The van der Waals surface area contributed by atoms with E-state index in [1.54, 1.807) is 34.9 Å². The second kappa shape index (κ2) is 15.2. The lowest BCUT2D eigenvalue weighted by molar-refractivity contribution is -0.139. The molecule has 2 aliphatic rings. The van der Waals surface area contributed by atoms with E-state index >= 15 is 0 Å². The van der Waals surface area contributed by atoms with Gasteiger partial charge in [0.15, 0.2) is 5.60 Å². The second-order valence-corrected chi connectivity index (χ2v) is 12.9. The van der Waals surface area contributed by atoms with E-state index in [2.05, 4.69) is 26.6 Å². The smallest absolute Gasteiger partial charge is 0.264 e. The van der Waals surface area contributed by atoms with Gasteiger partial charge in [-0.2, -0.15) is 0 Å². The molecule has 3 amide bonds. The Bertz CT molecular complexity index is 1580. The number of hydrogen-bond acceptors (Lipinski definition) is 6. The Balaban J connectivity index is 1.30. The highest BCUT2D eigenvalue weighted by Crippen LogP contribution is 2.46. The predicted octanol–water partition coefficient (Wildman–Crippen LogP) is 4.73. The minimum absolute atomic E-state index is 0.0233. The molecule has 3 atom stereocenters. The molecule has 0 bridgehead atoms. The number of aliphatic hydroxyl groups excluding tert-OH is 1. The molecule has 1 fully saturated rings. The van der Waals surface area contributed by atoms with Crippen LogP contribution in [0.1, 0.15) is 42.9 Å². The number of benzene rings is 3. The first-order valence-corrected chi connectivity index (χ1v) is 16.5. The molecule has 0 radical (unpaired) electrons. The average Bonchev–Trinajstić information content (AvgIpc) is 3.27. The molecule has 3 aromatic rings. The minimum atomic E-state index is -1.85. The third kappa shape index (κ3) is 7.58. The molecule has 242 valence electrons. The van der Waals surface area contributed by atoms with Crippen LogP contribution in [0.2, 0.25) is 0 Å². The molecule has 3 aromatic carbocycles. The third-order valence-electron chi connectivity index (χ3n) is 8.75. The van der Waals surface area contributed by atoms with Crippen LogP contribution in [-0.4, -0.2) is 59.1 Å². The lowest BCUT2D eigenvalue weighted by Gasteiger charge is -2.28. The quantitative estimate of drug-likeness (QED) is 0.204. The molecule has 4 N–H and O–H groups in total. The molecular formula is C36H41BrN4O5. The molecule has 2 heterocycles. The second-order valence-electron chi connectivity index (χ2n) is 12.0. The number of carbonyl (C=O) groups excluding carboxylic acids is 3. The monoisotopic (exact) mass is 688 g/mol. The summed E-state index contributed by atoms with van der Waals surface area (Å²) in [6, 6.07) is 22.4. The van der Waals surface area contributed by atoms with Crippen molar-refractivity contribution < 1.29 is 24.6 Å². The van der Waals surface area contributed by atoms with Gasteiger partial charge in [0.25, 0.3) is 5.91 Å². The summed E-state index contributed by atoms with van der Waals surface area (Å²) in [4.78, 5) is 43.1. The van der Waals surface area contributed by atoms with Gasteiger partial charge < -0.3 is 30.6 Å². The van der Waals surface area contributed by atoms with Crippen molar-refractivity contribution in [1.82, 2.24) is 10.2 Å². The normalized spacial score (nSPS) is 20.0. The molecule has 10 heteroatoms. The first-order chi connectivity index (χ1) is 22.2. The van der Waals surface area contributed by atoms with Gasteiger partial charge in [-0.05, 0) is 60.8 Å². The first kappa shape index (κ1) is 33.5. The number of anilines is 2. The maximum atomic E-state index is 14.1. The van der Waals surface area contributed by atoms with Crippen molar-refractivity contribution in [2.75, 3.05) is 36.5 Å². The van der Waals surface area contributed by atoms with Crippen LogP contribution in [0, 0.1) is 11.8 Å². The highest BCUT2D eigenvalue weighted by molar-refractivity contribution is 9.10. The van der Waals surface area contributed by atoms with Crippen molar-refractivity contribution in [2.24, 2.45) is 11.8 Å². The van der Waals surface area contributed by atoms with Gasteiger partial charge >= 0.3 is 0 Å². The molecule has 5 rings (SSSR count). The first-order valence-electron chi connectivity index (χ1n) is 15.7. The molecule has 46 heavy (non-hydrogen) atoms. The van der Waals surface area contributed by atoms with E-state index in [-0.39, 0.29) is 43.8 Å². The van der Waals surface area contributed by atoms with Crippen molar-refractivity contribution in [2.45, 2.75) is 44.9 Å². The van der Waals surface area contributed by atoms with Crippen molar-refractivity contribution in [1.29, 1.82) is 0 Å². The summed E-state index contributed by atoms with van der Waals surface area (Å²) in [7, 11) is 0. The lowest BCUT2D eigenvalue weighted by atomic mass is 9.83. The minimum Gasteiger partial charge on any atom is -0.395 e. The van der Waals surface area contributed by atoms with E-state index in [9.17, 15) is 24.6 Å². The highest BCUT2D eigenvalue weighted by Gasteiger charge is 2.52. The van der Waals surface area contributed by atoms with Gasteiger partial charge in [0.1, 0.15) is 0 Å². The number of amides is 3. The third-order valence-corrected chi connectivity index (χ3v) is 9.24. The molecule has 0 spiro atoms. The van der Waals surface area contributed by atoms with Crippen LogP contribution in [0.15, 0.2) is 89.4 Å². The van der Waals surface area contributed by atoms with Gasteiger partial charge in [0, 0.05) is 47.7 Å². The maximum absolute atomic E-state index is 14.1. The zero-order valence-electron chi connectivity index (χ0n) is 26.0. The Morgan fingerprint density at radius 2 is 1.91 bits per heavy atom. The van der Waals surface area contributed by atoms with E-state index in [0.29, 0.717) is 30.0 Å². The fourth-order valence-corrected chi connectivity index (χ4v) is 6.55. The van der Waals surface area contributed by atoms with Gasteiger partial charge in [-0.25, -0.2) is 0 Å². The van der Waals surface area contributed by atoms with Gasteiger partial charge in [-0.3, -0.25) is 14.4 Å². The summed E-state index contributed by atoms with van der Waals surface area (Å²) >= 11 is 3.49. The van der Waals surface area contributed by atoms with Gasteiger partial charge in [-0.1, -0.05) is 77.5 Å². The zero-order valence-corrected chi connectivity index (χ0v) is 27.6. The van der Waals surface area contributed by atoms with Crippen molar-refractivity contribution in [3.8, 4) is 0 Å². The van der Waals surface area contributed by atoms with E-state index < -0.39 is 17.4 Å². The van der Waals surface area contributed by atoms with Crippen LogP contribution in [0.25, 0.3) is 0 Å². The van der Waals surface area contributed by atoms with Crippen LogP contribution < -0.4 is 15.5 Å². The molecule has 2 aliphatic heterocycles. The Labute approximate surface area is 278 Å². The molecule has 0 aromatic heterocycles. The van der Waals surface area contributed by atoms with E-state index in [0.717, 1.165) is 35.0 Å². The van der Waals surface area contributed by atoms with Crippen LogP contribution >= 0.6 is 15.9 Å². The van der Waals surface area contributed by atoms with Gasteiger partial charge in [-0.15, -0.1) is 0 Å². The Kier molecular flexibility index (Phi) is 11.1. The van der Waals surface area contributed by atoms with E-state index in [1.807, 2.05) is 66.7 Å². The zero-order chi connectivity index (χ0) is 32.7. The Morgan fingerprint density at radius 1 is 1.13 bits per heavy atom. The number of hydrogen-bond donors (Lipinski definition) is 4. The standard InChI is InChI=1S/C36H41BrN4O5/c1-25(8-5-14-33(43)40(18-19-42)23-26-9-3-2-4-10-26)36(46)31-21-29(37)15-16-32(31)41(35(36)45)24-27-11-6-13-30(20-27)39-34(44)28-12-7-17-38-22-28/h2-6,8-11,13,15-16,20-21,25,28,38,42,46H,7,12,14,17-19,22-24H2,1H3,(H,39,44)/b8-5+/t25-,28?,36+/m1/s1. The summed E-state index contributed by atoms with van der Waals surface area (Å²) < 4.78 is 0.730. The largest absolute Gasteiger partial charge is 0.395 e. The Morgan fingerprint density at radius 3 is 2.65 bits per heavy atom. The van der Waals surface area contributed by atoms with E-state index in [1.165, 1.54) is 0 Å². The molecule has 9 nitrogen and oxygen atoms in total. The van der Waals surface area contributed by atoms with Crippen LogP contribution in [0.5, 0.6) is 0 Å². The Hall–Kier alpha value is -3.83. The van der Waals surface area contributed by atoms with Crippen LogP contribution in [0.3, 0.4) is 0 Å². The highest BCUT2D eigenvalue weighted by atomic mass is 79.9. The summed E-state index contributed by atoms with van der Waals surface area (Å²) in [5.41, 5.74) is 1.66. The lowest BCUT2D eigenvalue weighted by Crippen LogP contribution is -2.44. The number of halogens is 1. The number of nitrogens with zero attached hydrogens (tertiary/aromatic N) is 2. The fourth-order valence-electron chi connectivity index (χ4n) is 6.18. The number of nitrogens with one attached hydrogen (secondary N) is 2. The van der Waals surface area contributed by atoms with Crippen molar-refractivity contribution in [3.05, 3.63) is 106 Å². The van der Waals surface area contributed by atoms with Crippen molar-refractivity contribution >= 4 is 45.0 Å². The van der Waals surface area contributed by atoms with Gasteiger partial charge in [0.2, 0.25) is 11.8 Å². The molecule has 1 saturated heterocycles. The number of rotatable bonds is 12. The summed E-state index contributed by atoms with van der Waals surface area (Å²) in [5, 5.41) is 27.9. The molecule has 1 unspecified atom stereocenters. The van der Waals surface area contributed by atoms with E-state index in [4.69, 9.17) is 0 Å². The number of piperidine rings is 1. The fraction of sp³-hybridized carbons (Fsp3) is 0.361. The number of fused-ring (bicyclic) bond motifs is 1.